The van der Waals surface area contributed by atoms with Gasteiger partial charge in [-0.2, -0.15) is 10.2 Å². The number of benzene rings is 2. The predicted molar refractivity (Wildman–Crippen MR) is 201 cm³/mol. The number of nitrogens with one attached hydrogen (secondary N) is 2. The van der Waals surface area contributed by atoms with Crippen molar-refractivity contribution < 1.29 is 14.3 Å². The Morgan fingerprint density at radius 2 is 1.84 bits per heavy atom. The number of halogens is 2. The largest absolute Gasteiger partial charge is 0.495 e. The van der Waals surface area contributed by atoms with Gasteiger partial charge in [0, 0.05) is 42.0 Å². The second-order valence-corrected chi connectivity index (χ2v) is 12.9. The van der Waals surface area contributed by atoms with Gasteiger partial charge in [0.2, 0.25) is 5.95 Å². The van der Waals surface area contributed by atoms with E-state index in [0.29, 0.717) is 47.1 Å². The second-order valence-electron chi connectivity index (χ2n) is 12.1. The van der Waals surface area contributed by atoms with E-state index in [-0.39, 0.29) is 44.8 Å². The van der Waals surface area contributed by atoms with Crippen molar-refractivity contribution in [3.05, 3.63) is 80.2 Å². The Morgan fingerprint density at radius 3 is 2.48 bits per heavy atom. The van der Waals surface area contributed by atoms with Crippen molar-refractivity contribution in [3.63, 3.8) is 0 Å². The Bertz CT molecular complexity index is 1940. The third-order valence-electron chi connectivity index (χ3n) is 8.13. The number of allylic oxidation sites excluding steroid dienone is 1. The van der Waals surface area contributed by atoms with Crippen molar-refractivity contribution in [2.75, 3.05) is 51.5 Å². The number of hydrogen-bond acceptors (Lipinski definition) is 9. The fourth-order valence-corrected chi connectivity index (χ4v) is 6.06. The van der Waals surface area contributed by atoms with Gasteiger partial charge in [-0.3, -0.25) is 14.2 Å². The van der Waals surface area contributed by atoms with Crippen molar-refractivity contribution in [2.24, 2.45) is 5.92 Å². The Morgan fingerprint density at radius 1 is 1.12 bits per heavy atom. The van der Waals surface area contributed by atoms with Gasteiger partial charge in [-0.25, -0.2) is 4.98 Å². The third kappa shape index (κ3) is 9.33. The van der Waals surface area contributed by atoms with E-state index >= 15 is 0 Å². The van der Waals surface area contributed by atoms with Crippen LogP contribution in [0.1, 0.15) is 39.2 Å². The molecular weight excluding hydrogens is 677 g/mol. The van der Waals surface area contributed by atoms with Gasteiger partial charge in [-0.15, -0.1) is 0 Å². The average molecular weight is 721 g/mol. The van der Waals surface area contributed by atoms with Gasteiger partial charge >= 0.3 is 0 Å². The molecule has 0 aliphatic rings. The van der Waals surface area contributed by atoms with Gasteiger partial charge < -0.3 is 25.0 Å². The first kappa shape index (κ1) is 38.2. The molecule has 0 bridgehead atoms. The maximum absolute atomic E-state index is 14.4. The SMILES string of the molecule is CCN(C)CCCCNc1ncc2cc(-c3c(Cl)c(OC)cc(OC)c3Cl)c(=O)n(CCc3cccc(NC(=O)C(C#N)=CC(C)C)c3)c2n1. The normalized spacial score (nSPS) is 11.6. The minimum atomic E-state index is -0.482. The van der Waals surface area contributed by atoms with Crippen LogP contribution in [0.25, 0.3) is 22.2 Å². The molecule has 0 saturated heterocycles. The first-order valence-corrected chi connectivity index (χ1v) is 17.2. The van der Waals surface area contributed by atoms with Crippen LogP contribution in [-0.4, -0.2) is 66.2 Å². The highest BCUT2D eigenvalue weighted by Crippen LogP contribution is 2.45. The number of hydrogen-bond donors (Lipinski definition) is 2. The lowest BCUT2D eigenvalue weighted by Gasteiger charge is -2.17. The zero-order valence-corrected chi connectivity index (χ0v) is 30.8. The molecule has 0 spiro atoms. The number of aromatic nitrogens is 3. The molecule has 0 saturated carbocycles. The van der Waals surface area contributed by atoms with Crippen LogP contribution >= 0.6 is 23.2 Å². The zero-order chi connectivity index (χ0) is 36.4. The molecule has 0 aliphatic carbocycles. The summed E-state index contributed by atoms with van der Waals surface area (Å²) in [6, 6.07) is 12.5. The number of carbonyl (C=O) groups is 1. The molecule has 264 valence electrons. The van der Waals surface area contributed by atoms with Gasteiger partial charge in [0.15, 0.2) is 0 Å². The number of nitriles is 1. The Kier molecular flexibility index (Phi) is 13.6. The van der Waals surface area contributed by atoms with E-state index in [0.717, 1.165) is 31.5 Å². The minimum Gasteiger partial charge on any atom is -0.495 e. The molecule has 4 rings (SSSR count). The first-order valence-electron chi connectivity index (χ1n) is 16.5. The van der Waals surface area contributed by atoms with E-state index in [2.05, 4.69) is 34.5 Å². The van der Waals surface area contributed by atoms with Crippen molar-refractivity contribution in [1.82, 2.24) is 19.4 Å². The lowest BCUT2D eigenvalue weighted by Crippen LogP contribution is -2.25. The molecule has 13 heteroatoms. The molecule has 2 N–H and O–H groups in total. The molecular formula is C37H43Cl2N7O4. The highest BCUT2D eigenvalue weighted by Gasteiger charge is 2.23. The van der Waals surface area contributed by atoms with Crippen LogP contribution < -0.4 is 25.7 Å². The number of ether oxygens (including phenoxy) is 2. The Hall–Kier alpha value is -4.63. The molecule has 4 aromatic rings. The quantitative estimate of drug-likeness (QED) is 0.0700. The number of anilines is 2. The number of pyridine rings is 1. The summed E-state index contributed by atoms with van der Waals surface area (Å²) in [6.07, 6.45) is 5.66. The Labute approximate surface area is 302 Å². The molecule has 2 aromatic carbocycles. The molecule has 11 nitrogen and oxygen atoms in total. The molecule has 2 heterocycles. The number of aryl methyl sites for hydroxylation is 2. The summed E-state index contributed by atoms with van der Waals surface area (Å²) in [5.41, 5.74) is 2.00. The fourth-order valence-electron chi connectivity index (χ4n) is 5.36. The number of carbonyl (C=O) groups excluding carboxylic acids is 1. The van der Waals surface area contributed by atoms with E-state index in [1.54, 1.807) is 35.0 Å². The summed E-state index contributed by atoms with van der Waals surface area (Å²) >= 11 is 13.5. The molecule has 0 atom stereocenters. The van der Waals surface area contributed by atoms with Gasteiger partial charge in [0.1, 0.15) is 28.8 Å². The van der Waals surface area contributed by atoms with Crippen LogP contribution in [0.5, 0.6) is 11.5 Å². The van der Waals surface area contributed by atoms with Crippen LogP contribution in [0.3, 0.4) is 0 Å². The maximum Gasteiger partial charge on any atom is 0.265 e. The van der Waals surface area contributed by atoms with Crippen molar-refractivity contribution in [2.45, 2.75) is 46.6 Å². The number of amides is 1. The van der Waals surface area contributed by atoms with Crippen LogP contribution in [-0.2, 0) is 17.8 Å². The van der Waals surface area contributed by atoms with E-state index in [4.69, 9.17) is 37.7 Å². The average Bonchev–Trinajstić information content (AvgIpc) is 3.10. The molecule has 50 heavy (non-hydrogen) atoms. The van der Waals surface area contributed by atoms with E-state index in [1.165, 1.54) is 14.2 Å². The van der Waals surface area contributed by atoms with Crippen LogP contribution in [0.2, 0.25) is 10.0 Å². The van der Waals surface area contributed by atoms with E-state index in [9.17, 15) is 14.9 Å². The van der Waals surface area contributed by atoms with Crippen molar-refractivity contribution in [1.29, 1.82) is 5.26 Å². The number of fused-ring (bicyclic) bond motifs is 1. The van der Waals surface area contributed by atoms with Gasteiger partial charge in [-0.05, 0) is 69.1 Å². The molecule has 1 amide bonds. The van der Waals surface area contributed by atoms with E-state index < -0.39 is 5.91 Å². The van der Waals surface area contributed by atoms with Crippen LogP contribution in [0, 0.1) is 17.2 Å². The highest BCUT2D eigenvalue weighted by molar-refractivity contribution is 6.41. The summed E-state index contributed by atoms with van der Waals surface area (Å²) in [6.45, 7) is 8.83. The summed E-state index contributed by atoms with van der Waals surface area (Å²) < 4.78 is 12.5. The fraction of sp³-hybridized carbons (Fsp3) is 0.378. The number of nitrogens with zero attached hydrogens (tertiary/aromatic N) is 5. The topological polar surface area (TPSA) is 134 Å². The highest BCUT2D eigenvalue weighted by atomic mass is 35.5. The smallest absolute Gasteiger partial charge is 0.265 e. The summed E-state index contributed by atoms with van der Waals surface area (Å²) in [4.78, 5) is 38.7. The molecule has 0 aliphatic heterocycles. The van der Waals surface area contributed by atoms with Crippen LogP contribution in [0.4, 0.5) is 11.6 Å². The third-order valence-corrected chi connectivity index (χ3v) is 8.88. The zero-order valence-electron chi connectivity index (χ0n) is 29.3. The lowest BCUT2D eigenvalue weighted by molar-refractivity contribution is -0.112. The van der Waals surface area contributed by atoms with E-state index in [1.807, 2.05) is 38.1 Å². The van der Waals surface area contributed by atoms with Gasteiger partial charge in [0.25, 0.3) is 11.5 Å². The number of methoxy groups -OCH3 is 2. The summed E-state index contributed by atoms with van der Waals surface area (Å²) in [5.74, 6) is 0.576. The van der Waals surface area contributed by atoms with Gasteiger partial charge in [0.05, 0.1) is 29.8 Å². The summed E-state index contributed by atoms with van der Waals surface area (Å²) in [7, 11) is 5.04. The standard InChI is InChI=1S/C37H43Cl2N7O4/c1-7-45(4)15-9-8-14-41-37-42-22-26-19-28(31-32(38)29(49-5)20-30(50-6)33(31)39)36(48)46(34(26)44-37)16-13-24-11-10-12-27(18-24)43-35(47)25(21-40)17-23(2)3/h10-12,17-20,22-23H,7-9,13-16H2,1-6H3,(H,43,47)(H,41,42,44). The van der Waals surface area contributed by atoms with Crippen LogP contribution in [0.15, 0.2) is 59.0 Å². The second kappa shape index (κ2) is 17.9. The van der Waals surface area contributed by atoms with Crippen molar-refractivity contribution >= 4 is 51.8 Å². The minimum absolute atomic E-state index is 0.0424. The predicted octanol–water partition coefficient (Wildman–Crippen LogP) is 7.21. The first-order chi connectivity index (χ1) is 24.0. The molecule has 0 unspecified atom stereocenters. The Balaban J connectivity index is 1.73. The van der Waals surface area contributed by atoms with Crippen molar-refractivity contribution in [3.8, 4) is 28.7 Å². The number of rotatable bonds is 16. The molecule has 0 fully saturated rings. The monoisotopic (exact) mass is 719 g/mol. The molecule has 2 aromatic heterocycles. The molecule has 0 radical (unpaired) electrons. The van der Waals surface area contributed by atoms with Gasteiger partial charge in [-0.1, -0.05) is 62.2 Å². The maximum atomic E-state index is 14.4. The summed E-state index contributed by atoms with van der Waals surface area (Å²) in [5, 5.41) is 16.5. The number of unbranched alkanes of at least 4 members (excludes halogenated alkanes) is 1. The lowest BCUT2D eigenvalue weighted by atomic mass is 10.0.